The van der Waals surface area contributed by atoms with E-state index in [4.69, 9.17) is 0 Å². The van der Waals surface area contributed by atoms with E-state index in [0.717, 1.165) is 56.9 Å². The summed E-state index contributed by atoms with van der Waals surface area (Å²) in [6.07, 6.45) is 20.7. The van der Waals surface area contributed by atoms with Crippen LogP contribution in [-0.4, -0.2) is 12.3 Å². The molecule has 1 aliphatic heterocycles. The quantitative estimate of drug-likeness (QED) is 0.196. The van der Waals surface area contributed by atoms with Crippen LogP contribution in [0.1, 0.15) is 31.7 Å². The largest absolute Gasteiger partial charge is 0.335 e. The van der Waals surface area contributed by atoms with Crippen LogP contribution in [0.5, 0.6) is 0 Å². The highest BCUT2D eigenvalue weighted by molar-refractivity contribution is 8.07. The maximum atomic E-state index is 13.9. The fraction of sp³-hybridized carbons (Fsp3) is 0.176. The minimum absolute atomic E-state index is 0.120. The summed E-state index contributed by atoms with van der Waals surface area (Å²) in [6, 6.07) is 17.0. The van der Waals surface area contributed by atoms with Crippen LogP contribution in [0.15, 0.2) is 128 Å². The Bertz CT molecular complexity index is 1700. The van der Waals surface area contributed by atoms with E-state index < -0.39 is 0 Å². The number of aromatic nitrogens is 1. The van der Waals surface area contributed by atoms with E-state index in [2.05, 4.69) is 108 Å². The maximum Gasteiger partial charge on any atom is 0.263 e. The monoisotopic (exact) mass is 579 g/mol. The number of anilines is 1. The topological polar surface area (TPSA) is 24.2 Å². The minimum atomic E-state index is 0.120. The minimum Gasteiger partial charge on any atom is -0.335 e. The average molecular weight is 580 g/mol. The number of rotatable bonds is 8. The smallest absolute Gasteiger partial charge is 0.263 e. The van der Waals surface area contributed by atoms with Crippen molar-refractivity contribution >= 4 is 62.6 Å². The molecule has 0 fully saturated rings. The fourth-order valence-electron chi connectivity index (χ4n) is 5.02. The number of Topliss-reactive ketones (excluding diaryl/α,β-unsaturated/α-hetero) is 1. The Morgan fingerprint density at radius 3 is 2.60 bits per heavy atom. The predicted molar refractivity (Wildman–Crippen MR) is 173 cm³/mol. The third kappa shape index (κ3) is 5.24. The highest BCUT2D eigenvalue weighted by atomic mass is 32.2. The number of thioether (sulfide) groups is 2. The molecule has 0 bridgehead atoms. The molecule has 0 atom stereocenters. The Morgan fingerprint density at radius 2 is 1.73 bits per heavy atom. The number of hydrogen-bond acceptors (Lipinski definition) is 5. The number of hydrogen-bond donors (Lipinski definition) is 0. The van der Waals surface area contributed by atoms with Gasteiger partial charge in [0, 0.05) is 51.0 Å². The summed E-state index contributed by atoms with van der Waals surface area (Å²) in [5.74, 6) is 0.120. The number of carbonyl (C=O) groups is 1. The van der Waals surface area contributed by atoms with Crippen molar-refractivity contribution in [3.63, 3.8) is 0 Å². The third-order valence-electron chi connectivity index (χ3n) is 6.87. The van der Waals surface area contributed by atoms with Crippen LogP contribution in [0, 0.1) is 0 Å². The van der Waals surface area contributed by atoms with E-state index in [1.54, 1.807) is 34.9 Å². The van der Waals surface area contributed by atoms with E-state index in [1.807, 2.05) is 18.2 Å². The van der Waals surface area contributed by atoms with Gasteiger partial charge in [-0.05, 0) is 42.8 Å². The first-order chi connectivity index (χ1) is 19.7. The van der Waals surface area contributed by atoms with Gasteiger partial charge in [0.15, 0.2) is 5.78 Å². The van der Waals surface area contributed by atoms with Gasteiger partial charge in [-0.2, -0.15) is 4.57 Å². The van der Waals surface area contributed by atoms with Crippen LogP contribution in [-0.2, 0) is 11.3 Å². The number of benzene rings is 2. The first-order valence-electron chi connectivity index (χ1n) is 13.8. The lowest BCUT2D eigenvalue weighted by atomic mass is 9.89. The van der Waals surface area contributed by atoms with Crippen molar-refractivity contribution in [3.05, 3.63) is 128 Å². The SMILES string of the molecule is CCCN1/C(=C\C2=C(SC3=C/C=C/C=C/C=C\3)C(=C\c3sc4ccccc4[n+]3CCC)/C2=O)Sc2ccccc21. The summed E-state index contributed by atoms with van der Waals surface area (Å²) < 4.78 is 3.60. The van der Waals surface area contributed by atoms with Crippen LogP contribution >= 0.6 is 34.9 Å². The van der Waals surface area contributed by atoms with E-state index in [0.29, 0.717) is 0 Å². The zero-order valence-corrected chi connectivity index (χ0v) is 25.1. The lowest BCUT2D eigenvalue weighted by molar-refractivity contribution is -0.668. The Hall–Kier alpha value is -3.32. The van der Waals surface area contributed by atoms with Crippen molar-refractivity contribution < 1.29 is 9.36 Å². The second-order valence-corrected chi connectivity index (χ2v) is 12.9. The molecule has 3 aliphatic rings. The van der Waals surface area contributed by atoms with Gasteiger partial charge in [0.1, 0.15) is 11.2 Å². The van der Waals surface area contributed by atoms with Gasteiger partial charge in [-0.3, -0.25) is 4.79 Å². The molecule has 3 aromatic rings. The summed E-state index contributed by atoms with van der Waals surface area (Å²) >= 11 is 5.19. The van der Waals surface area contributed by atoms with E-state index in [-0.39, 0.29) is 5.78 Å². The highest BCUT2D eigenvalue weighted by Gasteiger charge is 2.36. The van der Waals surface area contributed by atoms with Crippen LogP contribution in [0.2, 0.25) is 0 Å². The molecule has 0 saturated heterocycles. The summed E-state index contributed by atoms with van der Waals surface area (Å²) in [4.78, 5) is 19.6. The van der Waals surface area contributed by atoms with Crippen LogP contribution < -0.4 is 9.47 Å². The molecule has 0 saturated carbocycles. The summed E-state index contributed by atoms with van der Waals surface area (Å²) in [5, 5.41) is 2.24. The van der Waals surface area contributed by atoms with Gasteiger partial charge in [0.05, 0.1) is 10.7 Å². The predicted octanol–water partition coefficient (Wildman–Crippen LogP) is 8.98. The van der Waals surface area contributed by atoms with Gasteiger partial charge in [0.2, 0.25) is 5.52 Å². The zero-order chi connectivity index (χ0) is 27.5. The van der Waals surface area contributed by atoms with Gasteiger partial charge in [-0.25, -0.2) is 0 Å². The van der Waals surface area contributed by atoms with Gasteiger partial charge < -0.3 is 4.90 Å². The van der Waals surface area contributed by atoms with Gasteiger partial charge in [-0.15, -0.1) is 0 Å². The van der Waals surface area contributed by atoms with E-state index in [9.17, 15) is 4.79 Å². The molecule has 1 aromatic heterocycles. The molecule has 0 N–H and O–H groups in total. The fourth-order valence-corrected chi connectivity index (χ4v) is 8.33. The first kappa shape index (κ1) is 26.9. The van der Waals surface area contributed by atoms with Crippen molar-refractivity contribution in [2.75, 3.05) is 11.4 Å². The number of allylic oxidation sites excluding steroid dienone is 10. The van der Waals surface area contributed by atoms with Gasteiger partial charge in [0.25, 0.3) is 5.01 Å². The van der Waals surface area contributed by atoms with Crippen LogP contribution in [0.25, 0.3) is 16.3 Å². The molecule has 6 heteroatoms. The Balaban J connectivity index is 1.45. The molecule has 3 nitrogen and oxygen atoms in total. The molecule has 0 unspecified atom stereocenters. The second-order valence-electron chi connectivity index (χ2n) is 9.69. The Morgan fingerprint density at radius 1 is 0.925 bits per heavy atom. The molecule has 0 amide bonds. The lowest BCUT2D eigenvalue weighted by Gasteiger charge is -2.26. The zero-order valence-electron chi connectivity index (χ0n) is 22.7. The number of aryl methyl sites for hydroxylation is 1. The van der Waals surface area contributed by atoms with Crippen LogP contribution in [0.4, 0.5) is 5.69 Å². The molecule has 0 radical (unpaired) electrons. The highest BCUT2D eigenvalue weighted by Crippen LogP contribution is 2.50. The molecule has 0 spiro atoms. The van der Waals surface area contributed by atoms with E-state index >= 15 is 0 Å². The summed E-state index contributed by atoms with van der Waals surface area (Å²) in [7, 11) is 0. The van der Waals surface area contributed by atoms with E-state index in [1.165, 1.54) is 20.8 Å². The number of thiazole rings is 1. The molecule has 40 heavy (non-hydrogen) atoms. The standard InChI is InChI=1S/C34H31N2OS3/c1-3-20-35-27-16-10-12-18-29(27)39-31(35)22-25-33(37)26(34(25)38-24-14-8-6-5-7-9-15-24)23-32-36(21-4-2)28-17-11-13-19-30(28)40-32/h5-19,22-23H,3-4,20-21H2,1-2H3/q+1/b6-5+,7-5?,8-6?,9-7+,14-8-,15-9?,24-14?,24-15+. The average Bonchev–Trinajstić information content (AvgIpc) is 3.48. The van der Waals surface area contributed by atoms with Gasteiger partial charge in [-0.1, -0.05) is 103 Å². The van der Waals surface area contributed by atoms with Crippen molar-refractivity contribution in [2.45, 2.75) is 38.1 Å². The lowest BCUT2D eigenvalue weighted by Crippen LogP contribution is -2.35. The number of para-hydroxylation sites is 2. The van der Waals surface area contributed by atoms with Gasteiger partial charge >= 0.3 is 0 Å². The Kier molecular flexibility index (Phi) is 8.10. The third-order valence-corrected chi connectivity index (χ3v) is 10.2. The summed E-state index contributed by atoms with van der Waals surface area (Å²) in [5.41, 5.74) is 4.05. The summed E-state index contributed by atoms with van der Waals surface area (Å²) in [6.45, 7) is 6.24. The number of carbonyl (C=O) groups excluding carboxylic acids is 1. The number of nitrogens with zero attached hydrogens (tertiary/aromatic N) is 2. The molecular formula is C34H31N2OS3+. The van der Waals surface area contributed by atoms with Crippen molar-refractivity contribution in [1.29, 1.82) is 0 Å². The van der Waals surface area contributed by atoms with Crippen LogP contribution in [0.3, 0.4) is 0 Å². The van der Waals surface area contributed by atoms with Crippen molar-refractivity contribution in [1.82, 2.24) is 0 Å². The molecule has 2 aliphatic carbocycles. The second kappa shape index (κ2) is 12.0. The number of fused-ring (bicyclic) bond motifs is 2. The Labute approximate surface area is 248 Å². The number of ketones is 1. The molecule has 2 aromatic carbocycles. The normalized spacial score (nSPS) is 22.2. The molecule has 6 rings (SSSR count). The molecular weight excluding hydrogens is 549 g/mol. The maximum absolute atomic E-state index is 13.9. The van der Waals surface area contributed by atoms with Crippen molar-refractivity contribution in [3.8, 4) is 0 Å². The first-order valence-corrected chi connectivity index (χ1v) is 16.2. The molecule has 2 heterocycles. The molecule has 200 valence electrons. The van der Waals surface area contributed by atoms with Crippen molar-refractivity contribution in [2.24, 2.45) is 0 Å².